The number of rotatable bonds is 3. The standard InChI is InChI=1S/C18H16N6O3S/c25-17(24-3-5-27-6-4-24)13-8-11-15(19-9-20-16(11)22-13)21-10-1-2-12-14(7-10)28-18(26)23-12/h1-2,7-9H,3-6H2,(H,23,26)(H2,19,20,21,22). The Balaban J connectivity index is 1.47. The number of hydrogen-bond donors (Lipinski definition) is 3. The molecule has 1 aliphatic heterocycles. The molecule has 3 N–H and O–H groups in total. The highest BCUT2D eigenvalue weighted by molar-refractivity contribution is 7.16. The Kier molecular flexibility index (Phi) is 4.06. The van der Waals surface area contributed by atoms with E-state index in [2.05, 4.69) is 25.3 Å². The summed E-state index contributed by atoms with van der Waals surface area (Å²) in [6.45, 7) is 2.24. The Morgan fingerprint density at radius 3 is 2.89 bits per heavy atom. The van der Waals surface area contributed by atoms with Crippen molar-refractivity contribution < 1.29 is 9.53 Å². The second kappa shape index (κ2) is 6.73. The summed E-state index contributed by atoms with van der Waals surface area (Å²) in [6, 6.07) is 7.37. The number of anilines is 2. The summed E-state index contributed by atoms with van der Waals surface area (Å²) in [5.74, 6) is 0.510. The molecule has 1 aromatic carbocycles. The molecular weight excluding hydrogens is 380 g/mol. The van der Waals surface area contributed by atoms with E-state index in [-0.39, 0.29) is 10.8 Å². The van der Waals surface area contributed by atoms with E-state index in [1.165, 1.54) is 6.33 Å². The fourth-order valence-electron chi connectivity index (χ4n) is 3.25. The first-order valence-electron chi connectivity index (χ1n) is 8.78. The molecule has 1 amide bonds. The van der Waals surface area contributed by atoms with Crippen molar-refractivity contribution in [1.82, 2.24) is 24.8 Å². The van der Waals surface area contributed by atoms with Gasteiger partial charge in [0, 0.05) is 18.8 Å². The van der Waals surface area contributed by atoms with Crippen LogP contribution in [-0.2, 0) is 4.74 Å². The van der Waals surface area contributed by atoms with Gasteiger partial charge in [0.25, 0.3) is 5.91 Å². The molecule has 10 heteroatoms. The second-order valence-corrected chi connectivity index (χ2v) is 7.44. The van der Waals surface area contributed by atoms with Crippen LogP contribution in [0.15, 0.2) is 35.4 Å². The molecule has 1 aliphatic rings. The Hall–Kier alpha value is -3.24. The fraction of sp³-hybridized carbons (Fsp3) is 0.222. The lowest BCUT2D eigenvalue weighted by Gasteiger charge is -2.26. The third-order valence-electron chi connectivity index (χ3n) is 4.64. The number of benzene rings is 1. The molecule has 4 heterocycles. The third-order valence-corrected chi connectivity index (χ3v) is 5.48. The van der Waals surface area contributed by atoms with Gasteiger partial charge in [-0.3, -0.25) is 9.59 Å². The highest BCUT2D eigenvalue weighted by Gasteiger charge is 2.21. The predicted molar refractivity (Wildman–Crippen MR) is 106 cm³/mol. The third kappa shape index (κ3) is 3.02. The number of nitrogens with one attached hydrogen (secondary N) is 3. The molecule has 5 rings (SSSR count). The largest absolute Gasteiger partial charge is 0.378 e. The van der Waals surface area contributed by atoms with Crippen molar-refractivity contribution in [3.8, 4) is 0 Å². The number of H-pyrrole nitrogens is 2. The van der Waals surface area contributed by atoms with Crippen molar-refractivity contribution in [2.45, 2.75) is 0 Å². The number of ether oxygens (including phenoxy) is 1. The van der Waals surface area contributed by atoms with Crippen molar-refractivity contribution >= 4 is 50.0 Å². The Bertz CT molecular complexity index is 1240. The zero-order valence-electron chi connectivity index (χ0n) is 14.7. The first-order chi connectivity index (χ1) is 13.7. The van der Waals surface area contributed by atoms with E-state index in [1.54, 1.807) is 11.0 Å². The van der Waals surface area contributed by atoms with Crippen LogP contribution in [-0.4, -0.2) is 57.0 Å². The number of fused-ring (bicyclic) bond motifs is 2. The Morgan fingerprint density at radius 2 is 2.04 bits per heavy atom. The molecule has 9 nitrogen and oxygen atoms in total. The lowest BCUT2D eigenvalue weighted by molar-refractivity contribution is 0.0299. The van der Waals surface area contributed by atoms with E-state index in [9.17, 15) is 9.59 Å². The molecular formula is C18H16N6O3S. The highest BCUT2D eigenvalue weighted by atomic mass is 32.1. The van der Waals surface area contributed by atoms with Crippen molar-refractivity contribution in [3.05, 3.63) is 46.0 Å². The van der Waals surface area contributed by atoms with Crippen molar-refractivity contribution in [3.63, 3.8) is 0 Å². The van der Waals surface area contributed by atoms with Crippen LogP contribution in [0.4, 0.5) is 11.5 Å². The van der Waals surface area contributed by atoms with E-state index in [0.29, 0.717) is 43.5 Å². The van der Waals surface area contributed by atoms with Gasteiger partial charge >= 0.3 is 4.87 Å². The van der Waals surface area contributed by atoms with Crippen molar-refractivity contribution in [1.29, 1.82) is 0 Å². The van der Waals surface area contributed by atoms with Crippen LogP contribution in [0.25, 0.3) is 21.3 Å². The highest BCUT2D eigenvalue weighted by Crippen LogP contribution is 2.26. The number of nitrogens with zero attached hydrogens (tertiary/aromatic N) is 3. The summed E-state index contributed by atoms with van der Waals surface area (Å²) >= 11 is 1.15. The fourth-order valence-corrected chi connectivity index (χ4v) is 4.03. The molecule has 4 aromatic rings. The Morgan fingerprint density at radius 1 is 1.18 bits per heavy atom. The number of hydrogen-bond acceptors (Lipinski definition) is 7. The van der Waals surface area contributed by atoms with Crippen LogP contribution in [0, 0.1) is 0 Å². The number of morpholine rings is 1. The molecule has 3 aromatic heterocycles. The van der Waals surface area contributed by atoms with Crippen LogP contribution in [0.1, 0.15) is 10.5 Å². The molecule has 0 atom stereocenters. The lowest BCUT2D eigenvalue weighted by atomic mass is 10.2. The maximum absolute atomic E-state index is 12.7. The monoisotopic (exact) mass is 396 g/mol. The lowest BCUT2D eigenvalue weighted by Crippen LogP contribution is -2.40. The summed E-state index contributed by atoms with van der Waals surface area (Å²) in [6.07, 6.45) is 1.44. The van der Waals surface area contributed by atoms with Crippen LogP contribution in [0.5, 0.6) is 0 Å². The number of aromatic amines is 2. The smallest absolute Gasteiger partial charge is 0.305 e. The normalized spacial score (nSPS) is 14.6. The van der Waals surface area contributed by atoms with Crippen LogP contribution in [0.2, 0.25) is 0 Å². The van der Waals surface area contributed by atoms with Gasteiger partial charge in [-0.1, -0.05) is 11.3 Å². The van der Waals surface area contributed by atoms with Crippen molar-refractivity contribution in [2.75, 3.05) is 31.6 Å². The van der Waals surface area contributed by atoms with Gasteiger partial charge < -0.3 is 24.9 Å². The molecule has 1 fully saturated rings. The van der Waals surface area contributed by atoms with Gasteiger partial charge in [0.1, 0.15) is 23.5 Å². The van der Waals surface area contributed by atoms with Gasteiger partial charge in [0.15, 0.2) is 0 Å². The molecule has 0 radical (unpaired) electrons. The zero-order chi connectivity index (χ0) is 19.1. The van der Waals surface area contributed by atoms with E-state index < -0.39 is 0 Å². The van der Waals surface area contributed by atoms with E-state index >= 15 is 0 Å². The summed E-state index contributed by atoms with van der Waals surface area (Å²) in [4.78, 5) is 40.3. The molecule has 0 bridgehead atoms. The van der Waals surface area contributed by atoms with Crippen LogP contribution < -0.4 is 10.2 Å². The quantitative estimate of drug-likeness (QED) is 0.488. The molecule has 1 saturated heterocycles. The van der Waals surface area contributed by atoms with Crippen LogP contribution >= 0.6 is 11.3 Å². The first-order valence-corrected chi connectivity index (χ1v) is 9.60. The average Bonchev–Trinajstić information content (AvgIpc) is 3.31. The number of thiazole rings is 1. The number of amides is 1. The van der Waals surface area contributed by atoms with Crippen molar-refractivity contribution in [2.24, 2.45) is 0 Å². The molecule has 0 aliphatic carbocycles. The first kappa shape index (κ1) is 16.9. The molecule has 0 unspecified atom stereocenters. The number of carbonyl (C=O) groups is 1. The molecule has 142 valence electrons. The van der Waals surface area contributed by atoms with Gasteiger partial charge in [0.05, 0.1) is 28.8 Å². The van der Waals surface area contributed by atoms with Gasteiger partial charge in [-0.2, -0.15) is 0 Å². The average molecular weight is 396 g/mol. The van der Waals surface area contributed by atoms with E-state index in [0.717, 1.165) is 32.6 Å². The minimum Gasteiger partial charge on any atom is -0.378 e. The summed E-state index contributed by atoms with van der Waals surface area (Å²) < 4.78 is 6.16. The van der Waals surface area contributed by atoms with Gasteiger partial charge in [0.2, 0.25) is 0 Å². The zero-order valence-corrected chi connectivity index (χ0v) is 15.5. The summed E-state index contributed by atoms with van der Waals surface area (Å²) in [5, 5.41) is 3.98. The van der Waals surface area contributed by atoms with Gasteiger partial charge in [-0.15, -0.1) is 0 Å². The SMILES string of the molecule is O=C(c1cc2c(Nc3ccc4[nH]c(=O)sc4c3)ncnc2[nH]1)N1CCOCC1. The minimum absolute atomic E-state index is 0.0780. The van der Waals surface area contributed by atoms with Gasteiger partial charge in [-0.05, 0) is 24.3 Å². The molecule has 0 saturated carbocycles. The number of carbonyl (C=O) groups excluding carboxylic acids is 1. The predicted octanol–water partition coefficient (Wildman–Crippen LogP) is 2.08. The second-order valence-electron chi connectivity index (χ2n) is 6.42. The summed E-state index contributed by atoms with van der Waals surface area (Å²) in [7, 11) is 0. The minimum atomic E-state index is -0.0894. The van der Waals surface area contributed by atoms with E-state index in [4.69, 9.17) is 4.74 Å². The molecule has 28 heavy (non-hydrogen) atoms. The number of aromatic nitrogens is 4. The Labute approximate surface area is 162 Å². The van der Waals surface area contributed by atoms with E-state index in [1.807, 2.05) is 18.2 Å². The van der Waals surface area contributed by atoms with Gasteiger partial charge in [-0.25, -0.2) is 9.97 Å². The maximum Gasteiger partial charge on any atom is 0.305 e. The topological polar surface area (TPSA) is 116 Å². The van der Waals surface area contributed by atoms with Crippen LogP contribution in [0.3, 0.4) is 0 Å². The summed E-state index contributed by atoms with van der Waals surface area (Å²) in [5.41, 5.74) is 2.65. The maximum atomic E-state index is 12.7. The molecule has 0 spiro atoms.